The van der Waals surface area contributed by atoms with Gasteiger partial charge in [-0.25, -0.2) is 13.2 Å². The molecule has 0 fully saturated rings. The third kappa shape index (κ3) is 7.34. The normalized spacial score (nSPS) is 13.3. The van der Waals surface area contributed by atoms with E-state index in [4.69, 9.17) is 4.74 Å². The highest BCUT2D eigenvalue weighted by atomic mass is 32.2. The molecule has 29 heavy (non-hydrogen) atoms. The lowest BCUT2D eigenvalue weighted by molar-refractivity contribution is -0.129. The highest BCUT2D eigenvalue weighted by molar-refractivity contribution is 7.89. The van der Waals surface area contributed by atoms with E-state index in [1.807, 2.05) is 37.3 Å². The lowest BCUT2D eigenvalue weighted by Crippen LogP contribution is -2.38. The molecule has 156 valence electrons. The second-order valence-corrected chi connectivity index (χ2v) is 9.22. The minimum Gasteiger partial charge on any atom is -0.449 e. The standard InChI is InChI=1S/C22H27NO5S/c1-4-8-20(18-9-6-5-7-10-18)23-21(24)16(2)28-22(25)19-13-11-17(12-14-19)15-29(3,26)27/h5-7,9-14,16,20H,4,8,15H2,1-3H3,(H,23,24)/t16-,20+/m1/s1. The first kappa shape index (κ1) is 22.6. The second-order valence-electron chi connectivity index (χ2n) is 7.08. The van der Waals surface area contributed by atoms with E-state index in [1.165, 1.54) is 19.1 Å². The van der Waals surface area contributed by atoms with Crippen LogP contribution in [0.1, 0.15) is 54.2 Å². The van der Waals surface area contributed by atoms with Crippen molar-refractivity contribution in [1.82, 2.24) is 5.32 Å². The maximum atomic E-state index is 12.5. The number of esters is 1. The number of hydrogen-bond acceptors (Lipinski definition) is 5. The van der Waals surface area contributed by atoms with E-state index in [1.54, 1.807) is 12.1 Å². The Hall–Kier alpha value is -2.67. The van der Waals surface area contributed by atoms with Crippen LogP contribution in [0.3, 0.4) is 0 Å². The molecule has 0 aliphatic heterocycles. The van der Waals surface area contributed by atoms with Gasteiger partial charge in [-0.05, 0) is 36.6 Å². The molecule has 0 spiro atoms. The van der Waals surface area contributed by atoms with Gasteiger partial charge in [0.15, 0.2) is 15.9 Å². The molecular formula is C22H27NO5S. The molecule has 0 aliphatic carbocycles. The minimum absolute atomic E-state index is 0.0978. The van der Waals surface area contributed by atoms with Crippen LogP contribution in [0.2, 0.25) is 0 Å². The first-order valence-electron chi connectivity index (χ1n) is 9.52. The number of carbonyl (C=O) groups is 2. The molecule has 0 unspecified atom stereocenters. The number of ether oxygens (including phenoxy) is 1. The number of benzene rings is 2. The summed E-state index contributed by atoms with van der Waals surface area (Å²) in [5.74, 6) is -1.10. The molecule has 0 heterocycles. The maximum absolute atomic E-state index is 12.5. The van der Waals surface area contributed by atoms with Gasteiger partial charge in [0.05, 0.1) is 17.4 Å². The molecule has 2 aromatic rings. The summed E-state index contributed by atoms with van der Waals surface area (Å²) in [6.07, 6.45) is 1.87. The number of rotatable bonds is 9. The van der Waals surface area contributed by atoms with Gasteiger partial charge in [0.1, 0.15) is 0 Å². The Balaban J connectivity index is 1.98. The SMILES string of the molecule is CCC[C@H](NC(=O)[C@@H](C)OC(=O)c1ccc(CS(C)(=O)=O)cc1)c1ccccc1. The average molecular weight is 418 g/mol. The fourth-order valence-electron chi connectivity index (χ4n) is 2.91. The van der Waals surface area contributed by atoms with Crippen LogP contribution in [0, 0.1) is 0 Å². The summed E-state index contributed by atoms with van der Waals surface area (Å²) < 4.78 is 28.0. The van der Waals surface area contributed by atoms with Crippen LogP contribution in [0.25, 0.3) is 0 Å². The van der Waals surface area contributed by atoms with Crippen molar-refractivity contribution in [2.45, 2.75) is 44.6 Å². The van der Waals surface area contributed by atoms with Crippen LogP contribution >= 0.6 is 0 Å². The second kappa shape index (κ2) is 10.2. The van der Waals surface area contributed by atoms with E-state index in [-0.39, 0.29) is 23.3 Å². The zero-order valence-corrected chi connectivity index (χ0v) is 17.7. The van der Waals surface area contributed by atoms with Crippen LogP contribution in [-0.4, -0.2) is 32.7 Å². The Labute approximate surface area is 172 Å². The third-order valence-corrected chi connectivity index (χ3v) is 5.23. The monoisotopic (exact) mass is 417 g/mol. The van der Waals surface area contributed by atoms with Gasteiger partial charge in [0, 0.05) is 6.26 Å². The van der Waals surface area contributed by atoms with Crippen molar-refractivity contribution < 1.29 is 22.7 Å². The summed E-state index contributed by atoms with van der Waals surface area (Å²) in [5.41, 5.74) is 1.85. The van der Waals surface area contributed by atoms with Crippen molar-refractivity contribution in [3.05, 3.63) is 71.3 Å². The third-order valence-electron chi connectivity index (χ3n) is 4.37. The van der Waals surface area contributed by atoms with Gasteiger partial charge in [-0.1, -0.05) is 55.8 Å². The zero-order valence-electron chi connectivity index (χ0n) is 16.9. The predicted octanol–water partition coefficient (Wildman–Crippen LogP) is 3.43. The smallest absolute Gasteiger partial charge is 0.338 e. The molecule has 0 bridgehead atoms. The van der Waals surface area contributed by atoms with E-state index >= 15 is 0 Å². The summed E-state index contributed by atoms with van der Waals surface area (Å²) in [7, 11) is -3.15. The molecule has 1 N–H and O–H groups in total. The van der Waals surface area contributed by atoms with Crippen LogP contribution in [-0.2, 0) is 25.1 Å². The topological polar surface area (TPSA) is 89.5 Å². The first-order valence-corrected chi connectivity index (χ1v) is 11.6. The van der Waals surface area contributed by atoms with Crippen molar-refractivity contribution in [2.24, 2.45) is 0 Å². The van der Waals surface area contributed by atoms with Crippen LogP contribution < -0.4 is 5.32 Å². The van der Waals surface area contributed by atoms with Gasteiger partial charge < -0.3 is 10.1 Å². The van der Waals surface area contributed by atoms with E-state index in [9.17, 15) is 18.0 Å². The molecule has 0 saturated heterocycles. The van der Waals surface area contributed by atoms with Crippen LogP contribution in [0.4, 0.5) is 0 Å². The number of hydrogen-bond donors (Lipinski definition) is 1. The number of amides is 1. The highest BCUT2D eigenvalue weighted by Gasteiger charge is 2.22. The van der Waals surface area contributed by atoms with Crippen LogP contribution in [0.15, 0.2) is 54.6 Å². The summed E-state index contributed by atoms with van der Waals surface area (Å²) in [5, 5.41) is 2.94. The Bertz CT molecular complexity index is 923. The van der Waals surface area contributed by atoms with E-state index in [2.05, 4.69) is 5.32 Å². The van der Waals surface area contributed by atoms with Crippen molar-refractivity contribution in [2.75, 3.05) is 6.26 Å². The van der Waals surface area contributed by atoms with Gasteiger partial charge >= 0.3 is 5.97 Å². The molecule has 2 rings (SSSR count). The molecule has 7 heteroatoms. The lowest BCUT2D eigenvalue weighted by Gasteiger charge is -2.21. The largest absolute Gasteiger partial charge is 0.449 e. The summed E-state index contributed by atoms with van der Waals surface area (Å²) in [6, 6.07) is 15.6. The Morgan fingerprint density at radius 2 is 1.66 bits per heavy atom. The van der Waals surface area contributed by atoms with Crippen molar-refractivity contribution in [3.8, 4) is 0 Å². The molecule has 0 saturated carbocycles. The van der Waals surface area contributed by atoms with Crippen LogP contribution in [0.5, 0.6) is 0 Å². The van der Waals surface area contributed by atoms with Gasteiger partial charge in [-0.3, -0.25) is 4.79 Å². The summed E-state index contributed by atoms with van der Waals surface area (Å²) in [6.45, 7) is 3.57. The lowest BCUT2D eigenvalue weighted by atomic mass is 10.0. The molecule has 6 nitrogen and oxygen atoms in total. The highest BCUT2D eigenvalue weighted by Crippen LogP contribution is 2.18. The van der Waals surface area contributed by atoms with Crippen molar-refractivity contribution in [3.63, 3.8) is 0 Å². The Morgan fingerprint density at radius 1 is 1.03 bits per heavy atom. The Kier molecular flexibility index (Phi) is 7.96. The molecule has 0 radical (unpaired) electrons. The molecule has 0 aromatic heterocycles. The molecule has 2 atom stereocenters. The summed E-state index contributed by atoms with van der Waals surface area (Å²) >= 11 is 0. The first-order chi connectivity index (χ1) is 13.7. The molecular weight excluding hydrogens is 390 g/mol. The van der Waals surface area contributed by atoms with E-state index < -0.39 is 21.9 Å². The van der Waals surface area contributed by atoms with Gasteiger partial charge in [0.25, 0.3) is 5.91 Å². The van der Waals surface area contributed by atoms with E-state index in [0.717, 1.165) is 24.7 Å². The number of nitrogens with one attached hydrogen (secondary N) is 1. The van der Waals surface area contributed by atoms with Crippen molar-refractivity contribution in [1.29, 1.82) is 0 Å². The fourth-order valence-corrected chi connectivity index (χ4v) is 3.71. The minimum atomic E-state index is -3.15. The molecule has 0 aliphatic rings. The van der Waals surface area contributed by atoms with Gasteiger partial charge in [-0.2, -0.15) is 0 Å². The summed E-state index contributed by atoms with van der Waals surface area (Å²) in [4.78, 5) is 24.8. The van der Waals surface area contributed by atoms with E-state index in [0.29, 0.717) is 5.56 Å². The molecule has 2 aromatic carbocycles. The van der Waals surface area contributed by atoms with Gasteiger partial charge in [-0.15, -0.1) is 0 Å². The predicted molar refractivity (Wildman–Crippen MR) is 112 cm³/mol. The Morgan fingerprint density at radius 3 is 2.21 bits per heavy atom. The number of sulfone groups is 1. The average Bonchev–Trinajstić information content (AvgIpc) is 2.67. The van der Waals surface area contributed by atoms with Gasteiger partial charge in [0.2, 0.25) is 0 Å². The quantitative estimate of drug-likeness (QED) is 0.632. The number of carbonyl (C=O) groups excluding carboxylic acids is 2. The van der Waals surface area contributed by atoms with Crippen molar-refractivity contribution >= 4 is 21.7 Å². The zero-order chi connectivity index (χ0) is 21.4. The fraction of sp³-hybridized carbons (Fsp3) is 0.364. The molecule has 1 amide bonds. The maximum Gasteiger partial charge on any atom is 0.338 e.